The van der Waals surface area contributed by atoms with Crippen LogP contribution in [0.5, 0.6) is 0 Å². The second-order valence-corrected chi connectivity index (χ2v) is 4.55. The van der Waals surface area contributed by atoms with Crippen molar-refractivity contribution in [3.8, 4) is 0 Å². The molecule has 0 radical (unpaired) electrons. The highest BCUT2D eigenvalue weighted by atomic mass is 32.1. The summed E-state index contributed by atoms with van der Waals surface area (Å²) in [6.45, 7) is 2.27. The van der Waals surface area contributed by atoms with Gasteiger partial charge < -0.3 is 0 Å². The van der Waals surface area contributed by atoms with E-state index < -0.39 is 0 Å². The first-order valence-electron chi connectivity index (χ1n) is 4.10. The summed E-state index contributed by atoms with van der Waals surface area (Å²) in [7, 11) is 0. The summed E-state index contributed by atoms with van der Waals surface area (Å²) in [6.07, 6.45) is 5.21. The van der Waals surface area contributed by atoms with E-state index in [0.717, 1.165) is 5.92 Å². The molecule has 0 aromatic heterocycles. The van der Waals surface area contributed by atoms with Crippen molar-refractivity contribution < 1.29 is 0 Å². The van der Waals surface area contributed by atoms with Crippen molar-refractivity contribution in [1.29, 1.82) is 0 Å². The number of hydrogen-bond donors (Lipinski definition) is 2. The van der Waals surface area contributed by atoms with Crippen LogP contribution in [0.3, 0.4) is 0 Å². The smallest absolute Gasteiger partial charge is 0.0136 e. The third kappa shape index (κ3) is 2.09. The fourth-order valence-corrected chi connectivity index (χ4v) is 2.30. The van der Waals surface area contributed by atoms with Gasteiger partial charge in [0.15, 0.2) is 0 Å². The van der Waals surface area contributed by atoms with Gasteiger partial charge in [0.05, 0.1) is 0 Å². The first-order valence-corrected chi connectivity index (χ1v) is 5.13. The van der Waals surface area contributed by atoms with Gasteiger partial charge in [0, 0.05) is 10.5 Å². The molecule has 0 aliphatic heterocycles. The lowest BCUT2D eigenvalue weighted by molar-refractivity contribution is 0.366. The second-order valence-electron chi connectivity index (χ2n) is 3.22. The van der Waals surface area contributed by atoms with Crippen LogP contribution in [0, 0.1) is 5.92 Å². The van der Waals surface area contributed by atoms with Gasteiger partial charge in [-0.3, -0.25) is 0 Å². The molecule has 1 aliphatic carbocycles. The van der Waals surface area contributed by atoms with E-state index in [9.17, 15) is 0 Å². The molecule has 0 heterocycles. The minimum Gasteiger partial charge on any atom is -0.175 e. The molecule has 1 saturated carbocycles. The summed E-state index contributed by atoms with van der Waals surface area (Å²) < 4.78 is 0. The summed E-state index contributed by atoms with van der Waals surface area (Å²) >= 11 is 8.95. The van der Waals surface area contributed by atoms with E-state index in [1.165, 1.54) is 25.7 Å². The maximum Gasteiger partial charge on any atom is 0.0136 e. The quantitative estimate of drug-likeness (QED) is 0.564. The Labute approximate surface area is 74.6 Å². The van der Waals surface area contributed by atoms with Crippen molar-refractivity contribution in [3.63, 3.8) is 0 Å². The lowest BCUT2D eigenvalue weighted by atomic mass is 9.87. The van der Waals surface area contributed by atoms with Gasteiger partial charge in [-0.25, -0.2) is 0 Å². The van der Waals surface area contributed by atoms with Gasteiger partial charge in [0.25, 0.3) is 0 Å². The van der Waals surface area contributed by atoms with Crippen LogP contribution in [0.2, 0.25) is 0 Å². The van der Waals surface area contributed by atoms with Gasteiger partial charge in [0.2, 0.25) is 0 Å². The Morgan fingerprint density at radius 1 is 1.20 bits per heavy atom. The Hall–Kier alpha value is 0.700. The highest BCUT2D eigenvalue weighted by Crippen LogP contribution is 2.32. The third-order valence-corrected chi connectivity index (χ3v) is 3.89. The molecule has 0 aromatic carbocycles. The first kappa shape index (κ1) is 8.79. The Balaban J connectivity index is 2.33. The molecule has 0 N–H and O–H groups in total. The predicted molar refractivity (Wildman–Crippen MR) is 53.2 cm³/mol. The predicted octanol–water partition coefficient (Wildman–Crippen LogP) is 2.79. The van der Waals surface area contributed by atoms with Gasteiger partial charge >= 0.3 is 0 Å². The van der Waals surface area contributed by atoms with Crippen molar-refractivity contribution in [3.05, 3.63) is 0 Å². The Morgan fingerprint density at radius 3 is 2.40 bits per heavy atom. The van der Waals surface area contributed by atoms with Crippen molar-refractivity contribution in [2.45, 2.75) is 43.1 Å². The molecule has 0 spiro atoms. The minimum absolute atomic E-state index is 0.544. The molecule has 0 saturated heterocycles. The lowest BCUT2D eigenvalue weighted by Gasteiger charge is -2.29. The summed E-state index contributed by atoms with van der Waals surface area (Å²) in [5.41, 5.74) is 0. The van der Waals surface area contributed by atoms with Crippen LogP contribution in [0.15, 0.2) is 0 Å². The van der Waals surface area contributed by atoms with Crippen molar-refractivity contribution in [1.82, 2.24) is 0 Å². The number of thiol groups is 2. The molecular weight excluding hydrogens is 160 g/mol. The minimum atomic E-state index is 0.544. The van der Waals surface area contributed by atoms with Gasteiger partial charge in [-0.15, -0.1) is 0 Å². The highest BCUT2D eigenvalue weighted by Gasteiger charge is 2.24. The lowest BCUT2D eigenvalue weighted by Crippen LogP contribution is -2.25. The summed E-state index contributed by atoms with van der Waals surface area (Å²) in [5, 5.41) is 1.09. The fourth-order valence-electron chi connectivity index (χ4n) is 1.59. The van der Waals surface area contributed by atoms with E-state index >= 15 is 0 Å². The number of rotatable bonds is 1. The third-order valence-electron chi connectivity index (χ3n) is 2.47. The summed E-state index contributed by atoms with van der Waals surface area (Å²) in [6, 6.07) is 0. The molecular formula is C8H16S2. The molecule has 0 nitrogen and oxygen atoms in total. The average molecular weight is 176 g/mol. The van der Waals surface area contributed by atoms with E-state index in [0.29, 0.717) is 10.5 Å². The SMILES string of the molecule is CCC1CCC(S)C(S)C1. The van der Waals surface area contributed by atoms with E-state index in [1.54, 1.807) is 0 Å². The average Bonchev–Trinajstić information content (AvgIpc) is 1.95. The van der Waals surface area contributed by atoms with Crippen LogP contribution in [0.4, 0.5) is 0 Å². The van der Waals surface area contributed by atoms with E-state index in [-0.39, 0.29) is 0 Å². The van der Waals surface area contributed by atoms with Crippen LogP contribution in [-0.4, -0.2) is 10.5 Å². The van der Waals surface area contributed by atoms with E-state index in [4.69, 9.17) is 0 Å². The van der Waals surface area contributed by atoms with Crippen LogP contribution in [0.1, 0.15) is 32.6 Å². The highest BCUT2D eigenvalue weighted by molar-refractivity contribution is 7.85. The molecule has 1 rings (SSSR count). The largest absolute Gasteiger partial charge is 0.175 e. The van der Waals surface area contributed by atoms with Crippen molar-refractivity contribution in [2.75, 3.05) is 0 Å². The molecule has 60 valence electrons. The zero-order valence-electron chi connectivity index (χ0n) is 6.45. The fraction of sp³-hybridized carbons (Fsp3) is 1.00. The van der Waals surface area contributed by atoms with Crippen molar-refractivity contribution >= 4 is 25.3 Å². The molecule has 3 atom stereocenters. The van der Waals surface area contributed by atoms with Gasteiger partial charge in [-0.2, -0.15) is 25.3 Å². The monoisotopic (exact) mass is 176 g/mol. The molecule has 2 heteroatoms. The van der Waals surface area contributed by atoms with E-state index in [1.807, 2.05) is 0 Å². The first-order chi connectivity index (χ1) is 4.74. The molecule has 3 unspecified atom stereocenters. The zero-order chi connectivity index (χ0) is 7.56. The second kappa shape index (κ2) is 3.91. The van der Waals surface area contributed by atoms with Crippen LogP contribution >= 0.6 is 25.3 Å². The van der Waals surface area contributed by atoms with Gasteiger partial charge in [-0.05, 0) is 25.2 Å². The molecule has 10 heavy (non-hydrogen) atoms. The number of hydrogen-bond acceptors (Lipinski definition) is 2. The maximum absolute atomic E-state index is 4.49. The molecule has 1 fully saturated rings. The molecule has 0 bridgehead atoms. The molecule has 0 amide bonds. The summed E-state index contributed by atoms with van der Waals surface area (Å²) in [4.78, 5) is 0. The standard InChI is InChI=1S/C8H16S2/c1-2-6-3-4-7(9)8(10)5-6/h6-10H,2-5H2,1H3. The van der Waals surface area contributed by atoms with Gasteiger partial charge in [-0.1, -0.05) is 13.3 Å². The van der Waals surface area contributed by atoms with E-state index in [2.05, 4.69) is 32.2 Å². The summed E-state index contributed by atoms with van der Waals surface area (Å²) in [5.74, 6) is 0.922. The maximum atomic E-state index is 4.49. The van der Waals surface area contributed by atoms with Crippen LogP contribution < -0.4 is 0 Å². The Bertz CT molecular complexity index is 103. The normalized spacial score (nSPS) is 41.7. The van der Waals surface area contributed by atoms with Gasteiger partial charge in [0.1, 0.15) is 0 Å². The molecule has 1 aliphatic rings. The van der Waals surface area contributed by atoms with Crippen LogP contribution in [0.25, 0.3) is 0 Å². The topological polar surface area (TPSA) is 0 Å². The van der Waals surface area contributed by atoms with Crippen LogP contribution in [-0.2, 0) is 0 Å². The Morgan fingerprint density at radius 2 is 1.90 bits per heavy atom. The van der Waals surface area contributed by atoms with Crippen molar-refractivity contribution in [2.24, 2.45) is 5.92 Å². The zero-order valence-corrected chi connectivity index (χ0v) is 8.24. The Kier molecular flexibility index (Phi) is 3.44. The molecule has 0 aromatic rings.